The van der Waals surface area contributed by atoms with Gasteiger partial charge in [-0.1, -0.05) is 12.1 Å². The Morgan fingerprint density at radius 1 is 1.27 bits per heavy atom. The van der Waals surface area contributed by atoms with Crippen LogP contribution in [-0.4, -0.2) is 5.78 Å². The molecule has 1 nitrogen and oxygen atoms in total. The van der Waals surface area contributed by atoms with Crippen molar-refractivity contribution in [1.29, 1.82) is 0 Å². The molecule has 1 aliphatic carbocycles. The summed E-state index contributed by atoms with van der Waals surface area (Å²) in [5, 5.41) is 0. The predicted molar refractivity (Wildman–Crippen MR) is 73.7 cm³/mol. The van der Waals surface area contributed by atoms with Crippen molar-refractivity contribution in [3.05, 3.63) is 37.9 Å². The molecule has 0 aliphatic heterocycles. The number of ketones is 1. The summed E-state index contributed by atoms with van der Waals surface area (Å²) in [5.41, 5.74) is 2.37. The van der Waals surface area contributed by atoms with Crippen LogP contribution in [0.25, 0.3) is 5.57 Å². The second-order valence-electron chi connectivity index (χ2n) is 3.59. The van der Waals surface area contributed by atoms with Gasteiger partial charge in [-0.2, -0.15) is 0 Å². The van der Waals surface area contributed by atoms with Crippen LogP contribution in [0.4, 0.5) is 0 Å². The summed E-state index contributed by atoms with van der Waals surface area (Å²) in [6, 6.07) is 6.12. The molecule has 0 heterocycles. The zero-order valence-electron chi connectivity index (χ0n) is 8.09. The molecule has 0 radical (unpaired) electrons. The third-order valence-corrected chi connectivity index (χ3v) is 5.07. The number of carbonyl (C=O) groups is 1. The highest BCUT2D eigenvalue weighted by Gasteiger charge is 2.14. The molecule has 78 valence electrons. The quantitative estimate of drug-likeness (QED) is 0.671. The van der Waals surface area contributed by atoms with Crippen molar-refractivity contribution in [2.45, 2.75) is 19.3 Å². The van der Waals surface area contributed by atoms with Gasteiger partial charge in [0.25, 0.3) is 0 Å². The second-order valence-corrected chi connectivity index (χ2v) is 5.52. The molecule has 3 heteroatoms. The molecule has 1 aromatic carbocycles. The summed E-state index contributed by atoms with van der Waals surface area (Å²) in [5.74, 6) is 0.257. The first-order chi connectivity index (χ1) is 7.18. The molecule has 0 N–H and O–H groups in total. The Kier molecular flexibility index (Phi) is 3.61. The van der Waals surface area contributed by atoms with Crippen LogP contribution in [0, 0.1) is 3.57 Å². The Morgan fingerprint density at radius 3 is 2.80 bits per heavy atom. The van der Waals surface area contributed by atoms with Crippen LogP contribution in [0.3, 0.4) is 0 Å². The normalized spacial score (nSPS) is 16.4. The zero-order valence-corrected chi connectivity index (χ0v) is 11.8. The van der Waals surface area contributed by atoms with E-state index < -0.39 is 0 Å². The van der Waals surface area contributed by atoms with E-state index in [0.29, 0.717) is 6.42 Å². The van der Waals surface area contributed by atoms with Crippen molar-refractivity contribution in [3.63, 3.8) is 0 Å². The van der Waals surface area contributed by atoms with Crippen LogP contribution in [0.5, 0.6) is 0 Å². The Labute approximate surface area is 111 Å². The standard InChI is InChI=1S/C12H10BrIO/c13-11-6-2-5-10(12(11)14)8-3-1-4-9(15)7-8/h2,5-7H,1,3-4H2. The van der Waals surface area contributed by atoms with Crippen LogP contribution in [0.1, 0.15) is 24.8 Å². The molecule has 0 bridgehead atoms. The molecule has 0 amide bonds. The van der Waals surface area contributed by atoms with E-state index in [2.05, 4.69) is 44.6 Å². The van der Waals surface area contributed by atoms with Gasteiger partial charge in [0.2, 0.25) is 0 Å². The predicted octanol–water partition coefficient (Wildman–Crippen LogP) is 4.19. The Bertz CT molecular complexity index is 437. The maximum Gasteiger partial charge on any atom is 0.155 e. The first-order valence-corrected chi connectivity index (χ1v) is 6.73. The molecular weight excluding hydrogens is 367 g/mol. The zero-order chi connectivity index (χ0) is 10.8. The molecule has 0 unspecified atom stereocenters. The van der Waals surface area contributed by atoms with E-state index >= 15 is 0 Å². The number of hydrogen-bond acceptors (Lipinski definition) is 1. The minimum Gasteiger partial charge on any atom is -0.295 e. The van der Waals surface area contributed by atoms with Gasteiger partial charge in [-0.25, -0.2) is 0 Å². The second kappa shape index (κ2) is 4.78. The van der Waals surface area contributed by atoms with Crippen LogP contribution in [0.15, 0.2) is 28.7 Å². The van der Waals surface area contributed by atoms with Gasteiger partial charge in [-0.3, -0.25) is 4.79 Å². The Hall–Kier alpha value is -0.160. The summed E-state index contributed by atoms with van der Waals surface area (Å²) in [7, 11) is 0. The molecule has 1 aliphatic rings. The number of hydrogen-bond donors (Lipinski definition) is 0. The van der Waals surface area contributed by atoms with Crippen molar-refractivity contribution >= 4 is 49.9 Å². The minimum atomic E-state index is 0.257. The summed E-state index contributed by atoms with van der Waals surface area (Å²) >= 11 is 5.82. The Balaban J connectivity index is 2.45. The van der Waals surface area contributed by atoms with Crippen molar-refractivity contribution in [3.8, 4) is 0 Å². The third-order valence-electron chi connectivity index (χ3n) is 2.50. The van der Waals surface area contributed by atoms with Crippen molar-refractivity contribution < 1.29 is 4.79 Å². The molecule has 2 rings (SSSR count). The summed E-state index contributed by atoms with van der Waals surface area (Å²) < 4.78 is 2.29. The third kappa shape index (κ3) is 2.50. The van der Waals surface area contributed by atoms with Gasteiger partial charge in [0.15, 0.2) is 5.78 Å². The monoisotopic (exact) mass is 376 g/mol. The summed E-state index contributed by atoms with van der Waals surface area (Å²) in [6.07, 6.45) is 4.49. The lowest BCUT2D eigenvalue weighted by molar-refractivity contribution is -0.114. The summed E-state index contributed by atoms with van der Waals surface area (Å²) in [6.45, 7) is 0. The van der Waals surface area contributed by atoms with Crippen molar-refractivity contribution in [2.75, 3.05) is 0 Å². The van der Waals surface area contributed by atoms with Crippen LogP contribution in [-0.2, 0) is 4.79 Å². The lowest BCUT2D eigenvalue weighted by atomic mass is 9.93. The van der Waals surface area contributed by atoms with E-state index in [9.17, 15) is 4.79 Å². The SMILES string of the molecule is O=C1C=C(c2cccc(Br)c2I)CCC1. The topological polar surface area (TPSA) is 17.1 Å². The summed E-state index contributed by atoms with van der Waals surface area (Å²) in [4.78, 5) is 11.4. The molecule has 15 heavy (non-hydrogen) atoms. The van der Waals surface area contributed by atoms with E-state index in [1.807, 2.05) is 12.1 Å². The average molecular weight is 377 g/mol. The fraction of sp³-hybridized carbons (Fsp3) is 0.250. The van der Waals surface area contributed by atoms with E-state index in [1.54, 1.807) is 6.08 Å². The van der Waals surface area contributed by atoms with Gasteiger partial charge < -0.3 is 0 Å². The fourth-order valence-corrected chi connectivity index (χ4v) is 2.83. The van der Waals surface area contributed by atoms with Gasteiger partial charge in [0.05, 0.1) is 0 Å². The van der Waals surface area contributed by atoms with Gasteiger partial charge >= 0.3 is 0 Å². The molecule has 0 fully saturated rings. The first-order valence-electron chi connectivity index (χ1n) is 4.86. The molecule has 0 spiro atoms. The van der Waals surface area contributed by atoms with Crippen molar-refractivity contribution in [2.24, 2.45) is 0 Å². The molecule has 0 saturated carbocycles. The molecule has 1 aromatic rings. The van der Waals surface area contributed by atoms with E-state index in [4.69, 9.17) is 0 Å². The molecule has 0 saturated heterocycles. The van der Waals surface area contributed by atoms with E-state index in [0.717, 1.165) is 17.3 Å². The van der Waals surface area contributed by atoms with Gasteiger partial charge in [-0.15, -0.1) is 0 Å². The number of benzene rings is 1. The lowest BCUT2D eigenvalue weighted by Crippen LogP contribution is -2.03. The maximum atomic E-state index is 11.4. The highest BCUT2D eigenvalue weighted by atomic mass is 127. The minimum absolute atomic E-state index is 0.257. The van der Waals surface area contributed by atoms with Crippen LogP contribution in [0.2, 0.25) is 0 Å². The van der Waals surface area contributed by atoms with Crippen LogP contribution >= 0.6 is 38.5 Å². The highest BCUT2D eigenvalue weighted by molar-refractivity contribution is 14.1. The number of carbonyl (C=O) groups excluding carboxylic acids is 1. The Morgan fingerprint density at radius 2 is 2.07 bits per heavy atom. The highest BCUT2D eigenvalue weighted by Crippen LogP contribution is 2.32. The first kappa shape index (κ1) is 11.3. The smallest absolute Gasteiger partial charge is 0.155 e. The molecular formula is C12H10BrIO. The molecule has 0 atom stereocenters. The number of halogens is 2. The van der Waals surface area contributed by atoms with Crippen molar-refractivity contribution in [1.82, 2.24) is 0 Å². The van der Waals surface area contributed by atoms with Gasteiger partial charge in [0, 0.05) is 14.5 Å². The van der Waals surface area contributed by atoms with Gasteiger partial charge in [0.1, 0.15) is 0 Å². The van der Waals surface area contributed by atoms with E-state index in [1.165, 1.54) is 14.7 Å². The number of allylic oxidation sites excluding steroid dienone is 2. The molecule has 0 aromatic heterocycles. The van der Waals surface area contributed by atoms with Crippen LogP contribution < -0.4 is 0 Å². The average Bonchev–Trinajstić information content (AvgIpc) is 2.22. The largest absolute Gasteiger partial charge is 0.295 e. The fourth-order valence-electron chi connectivity index (χ4n) is 1.76. The van der Waals surface area contributed by atoms with Gasteiger partial charge in [-0.05, 0) is 74.6 Å². The lowest BCUT2D eigenvalue weighted by Gasteiger charge is -2.14. The maximum absolute atomic E-state index is 11.4. The number of rotatable bonds is 1. The van der Waals surface area contributed by atoms with E-state index in [-0.39, 0.29) is 5.78 Å².